The van der Waals surface area contributed by atoms with Crippen molar-refractivity contribution in [2.75, 3.05) is 5.75 Å². The van der Waals surface area contributed by atoms with Crippen LogP contribution in [0.15, 0.2) is 48.6 Å². The SMILES string of the molecule is CC/C=C/CC/C=C/CC/C=C/C(O)C(CS(=O)(=O)O)NC(=O)C(O)CCCCCC/C=C\CCCCCCCCC. The van der Waals surface area contributed by atoms with E-state index >= 15 is 0 Å². The molecule has 0 aliphatic carbocycles. The summed E-state index contributed by atoms with van der Waals surface area (Å²) in [6.45, 7) is 4.34. The molecule has 0 spiro atoms. The van der Waals surface area contributed by atoms with Crippen LogP contribution in [0.3, 0.4) is 0 Å². The molecule has 0 saturated heterocycles. The highest BCUT2D eigenvalue weighted by molar-refractivity contribution is 7.85. The normalized spacial score (nSPS) is 14.9. The van der Waals surface area contributed by atoms with Crippen molar-refractivity contribution in [3.05, 3.63) is 48.6 Å². The van der Waals surface area contributed by atoms with Gasteiger partial charge >= 0.3 is 0 Å². The smallest absolute Gasteiger partial charge is 0.267 e. The van der Waals surface area contributed by atoms with Crippen LogP contribution < -0.4 is 5.32 Å². The van der Waals surface area contributed by atoms with Crippen LogP contribution in [0.4, 0.5) is 0 Å². The fourth-order valence-electron chi connectivity index (χ4n) is 4.55. The molecule has 8 heteroatoms. The fourth-order valence-corrected chi connectivity index (χ4v) is 5.28. The van der Waals surface area contributed by atoms with E-state index in [1.165, 1.54) is 51.0 Å². The van der Waals surface area contributed by atoms with Gasteiger partial charge in [0.2, 0.25) is 5.91 Å². The van der Waals surface area contributed by atoms with Crippen LogP contribution in [-0.2, 0) is 14.9 Å². The maximum absolute atomic E-state index is 12.5. The zero-order chi connectivity index (χ0) is 31.3. The van der Waals surface area contributed by atoms with Crippen molar-refractivity contribution in [2.24, 2.45) is 0 Å². The first-order chi connectivity index (χ1) is 20.2. The first-order valence-corrected chi connectivity index (χ1v) is 18.1. The number of carbonyl (C=O) groups is 1. The van der Waals surface area contributed by atoms with E-state index in [2.05, 4.69) is 55.6 Å². The Morgan fingerprint density at radius 3 is 1.69 bits per heavy atom. The number of carbonyl (C=O) groups excluding carboxylic acids is 1. The van der Waals surface area contributed by atoms with Crippen LogP contribution in [0.2, 0.25) is 0 Å². The second-order valence-electron chi connectivity index (χ2n) is 11.2. The molecule has 3 unspecified atom stereocenters. The van der Waals surface area contributed by atoms with Gasteiger partial charge in [0, 0.05) is 0 Å². The first-order valence-electron chi connectivity index (χ1n) is 16.4. The van der Waals surface area contributed by atoms with Crippen LogP contribution in [0.1, 0.15) is 136 Å². The quantitative estimate of drug-likeness (QED) is 0.0407. The zero-order valence-corrected chi connectivity index (χ0v) is 27.3. The van der Waals surface area contributed by atoms with Crippen LogP contribution in [0.25, 0.3) is 0 Å². The summed E-state index contributed by atoms with van der Waals surface area (Å²) in [5.41, 5.74) is 0. The van der Waals surface area contributed by atoms with Crippen LogP contribution in [0, 0.1) is 0 Å². The van der Waals surface area contributed by atoms with Gasteiger partial charge in [-0.3, -0.25) is 9.35 Å². The molecule has 0 heterocycles. The van der Waals surface area contributed by atoms with E-state index in [1.54, 1.807) is 6.08 Å². The molecule has 7 nitrogen and oxygen atoms in total. The Balaban J connectivity index is 4.24. The molecular weight excluding hydrogens is 550 g/mol. The van der Waals surface area contributed by atoms with Crippen molar-refractivity contribution >= 4 is 16.0 Å². The molecule has 0 aromatic heterocycles. The van der Waals surface area contributed by atoms with E-state index in [0.717, 1.165) is 57.8 Å². The standard InChI is InChI=1S/C34H61NO6S/c1-3-5-7-9-11-13-15-16-17-18-19-21-23-25-27-29-33(37)34(38)35-31(30-42(39,40)41)32(36)28-26-24-22-20-14-12-10-8-6-4-2/h6,8,14,17-18,20,26,28,31-33,36-37H,3-5,7,9-13,15-16,19,21-25,27,29-30H2,1-2H3,(H,35,38)(H,39,40,41)/b8-6+,18-17-,20-14+,28-26+. The Bertz CT molecular complexity index is 865. The van der Waals surface area contributed by atoms with Gasteiger partial charge in [0.1, 0.15) is 6.10 Å². The average Bonchev–Trinajstić information content (AvgIpc) is 2.94. The third kappa shape index (κ3) is 27.1. The highest BCUT2D eigenvalue weighted by atomic mass is 32.2. The molecule has 0 aromatic rings. The van der Waals surface area contributed by atoms with E-state index in [4.69, 9.17) is 0 Å². The number of rotatable bonds is 28. The second-order valence-corrected chi connectivity index (χ2v) is 12.7. The zero-order valence-electron chi connectivity index (χ0n) is 26.5. The predicted octanol–water partition coefficient (Wildman–Crippen LogP) is 7.76. The lowest BCUT2D eigenvalue weighted by Gasteiger charge is -2.22. The molecule has 0 bridgehead atoms. The summed E-state index contributed by atoms with van der Waals surface area (Å²) in [4.78, 5) is 12.5. The van der Waals surface area contributed by atoms with Crippen molar-refractivity contribution < 1.29 is 28.0 Å². The molecule has 0 radical (unpaired) electrons. The number of allylic oxidation sites excluding steroid dienone is 7. The topological polar surface area (TPSA) is 124 Å². The molecule has 0 rings (SSSR count). The van der Waals surface area contributed by atoms with Crippen molar-refractivity contribution in [3.8, 4) is 0 Å². The van der Waals surface area contributed by atoms with Crippen LogP contribution >= 0.6 is 0 Å². The van der Waals surface area contributed by atoms with Gasteiger partial charge in [0.05, 0.1) is 17.9 Å². The lowest BCUT2D eigenvalue weighted by atomic mass is 10.1. The first kappa shape index (κ1) is 40.3. The van der Waals surface area contributed by atoms with Gasteiger partial charge in [-0.15, -0.1) is 0 Å². The molecular formula is C34H61NO6S. The van der Waals surface area contributed by atoms with E-state index in [-0.39, 0.29) is 6.42 Å². The van der Waals surface area contributed by atoms with Gasteiger partial charge < -0.3 is 15.5 Å². The number of hydrogen-bond acceptors (Lipinski definition) is 5. The molecule has 0 aliphatic heterocycles. The lowest BCUT2D eigenvalue weighted by molar-refractivity contribution is -0.130. The summed E-state index contributed by atoms with van der Waals surface area (Å²) < 4.78 is 32.2. The van der Waals surface area contributed by atoms with E-state index in [0.29, 0.717) is 12.8 Å². The van der Waals surface area contributed by atoms with E-state index in [1.807, 2.05) is 0 Å². The summed E-state index contributed by atoms with van der Waals surface area (Å²) in [5.74, 6) is -1.58. The number of hydrogen-bond donors (Lipinski definition) is 4. The minimum Gasteiger partial charge on any atom is -0.387 e. The third-order valence-electron chi connectivity index (χ3n) is 7.07. The van der Waals surface area contributed by atoms with Gasteiger partial charge in [-0.05, 0) is 64.2 Å². The number of aliphatic hydroxyl groups excluding tert-OH is 2. The molecule has 0 fully saturated rings. The minimum absolute atomic E-state index is 0.255. The predicted molar refractivity (Wildman–Crippen MR) is 176 cm³/mol. The maximum Gasteiger partial charge on any atom is 0.267 e. The van der Waals surface area contributed by atoms with Crippen molar-refractivity contribution in [1.82, 2.24) is 5.32 Å². The highest BCUT2D eigenvalue weighted by Crippen LogP contribution is 2.11. The van der Waals surface area contributed by atoms with Crippen molar-refractivity contribution in [3.63, 3.8) is 0 Å². The molecule has 0 aliphatic rings. The van der Waals surface area contributed by atoms with Gasteiger partial charge in [-0.25, -0.2) is 0 Å². The van der Waals surface area contributed by atoms with E-state index in [9.17, 15) is 28.0 Å². The van der Waals surface area contributed by atoms with Gasteiger partial charge in [0.15, 0.2) is 0 Å². The Morgan fingerprint density at radius 1 is 0.667 bits per heavy atom. The molecule has 0 aromatic carbocycles. The van der Waals surface area contributed by atoms with Gasteiger partial charge in [0.25, 0.3) is 10.1 Å². The largest absolute Gasteiger partial charge is 0.387 e. The number of amides is 1. The van der Waals surface area contributed by atoms with Crippen LogP contribution in [0.5, 0.6) is 0 Å². The number of nitrogens with one attached hydrogen (secondary N) is 1. The summed E-state index contributed by atoms with van der Waals surface area (Å²) >= 11 is 0. The number of unbranched alkanes of at least 4 members (excludes halogenated alkanes) is 13. The minimum atomic E-state index is -4.45. The second kappa shape index (κ2) is 28.1. The lowest BCUT2D eigenvalue weighted by Crippen LogP contribution is -2.50. The monoisotopic (exact) mass is 611 g/mol. The summed E-state index contributed by atoms with van der Waals surface area (Å²) in [5, 5.41) is 23.1. The summed E-state index contributed by atoms with van der Waals surface area (Å²) in [6, 6.07) is -1.26. The molecule has 4 N–H and O–H groups in total. The Morgan fingerprint density at radius 2 is 1.14 bits per heavy atom. The number of aliphatic hydroxyl groups is 2. The van der Waals surface area contributed by atoms with Gasteiger partial charge in [-0.2, -0.15) is 8.42 Å². The van der Waals surface area contributed by atoms with E-state index < -0.39 is 40.0 Å². The fraction of sp³-hybridized carbons (Fsp3) is 0.735. The molecule has 0 saturated carbocycles. The molecule has 1 amide bonds. The van der Waals surface area contributed by atoms with Crippen molar-refractivity contribution in [1.29, 1.82) is 0 Å². The molecule has 3 atom stereocenters. The maximum atomic E-state index is 12.5. The Labute approximate surface area is 257 Å². The Kier molecular flexibility index (Phi) is 26.9. The van der Waals surface area contributed by atoms with Crippen LogP contribution in [-0.4, -0.2) is 53.1 Å². The molecule has 42 heavy (non-hydrogen) atoms. The van der Waals surface area contributed by atoms with Crippen molar-refractivity contribution in [2.45, 2.75) is 154 Å². The Hall–Kier alpha value is -1.74. The summed E-state index contributed by atoms with van der Waals surface area (Å²) in [6.07, 6.45) is 33.2. The summed E-state index contributed by atoms with van der Waals surface area (Å²) in [7, 11) is -4.45. The van der Waals surface area contributed by atoms with Gasteiger partial charge in [-0.1, -0.05) is 120 Å². The average molecular weight is 612 g/mol. The molecule has 244 valence electrons. The third-order valence-corrected chi connectivity index (χ3v) is 7.85. The highest BCUT2D eigenvalue weighted by Gasteiger charge is 2.27.